The Bertz CT molecular complexity index is 2250. The van der Waals surface area contributed by atoms with E-state index in [9.17, 15) is 0 Å². The topological polar surface area (TPSA) is 46.2 Å². The van der Waals surface area contributed by atoms with Crippen molar-refractivity contribution in [2.24, 2.45) is 0 Å². The number of hydrogen-bond donors (Lipinski definition) is 0. The SMILES string of the molecule is CC(C)Oc1c2cc(C(C)(C)C)cc1Cc1cc(C(C)(C)C)cc(c1OC(C)C)Cc1cc(C(C)(C)C)cc(c1OC(C)C)Cc1cc(C(C)(C)C)cc(c1OC(C)C)Cc1cc(C(C)(C)C)cc(c1OC(C)C)C2. The fourth-order valence-corrected chi connectivity index (χ4v) is 10.2. The molecule has 6 rings (SSSR count). The highest BCUT2D eigenvalue weighted by Crippen LogP contribution is 2.46. The van der Waals surface area contributed by atoms with Crippen molar-refractivity contribution in [2.45, 2.75) is 263 Å². The molecule has 5 aromatic rings. The molecule has 5 heteroatoms. The Morgan fingerprint density at radius 1 is 0.227 bits per heavy atom. The Labute approximate surface area is 457 Å². The van der Waals surface area contributed by atoms with Crippen LogP contribution < -0.4 is 23.7 Å². The minimum Gasteiger partial charge on any atom is -0.490 e. The largest absolute Gasteiger partial charge is 0.490 e. The molecule has 0 unspecified atom stereocenters. The molecule has 10 bridgehead atoms. The Morgan fingerprint density at radius 2 is 0.333 bits per heavy atom. The lowest BCUT2D eigenvalue weighted by atomic mass is 9.79. The molecule has 0 spiro atoms. The van der Waals surface area contributed by atoms with Crippen molar-refractivity contribution in [2.75, 3.05) is 0 Å². The number of fused-ring (bicyclic) bond motifs is 10. The van der Waals surface area contributed by atoms with Crippen molar-refractivity contribution in [1.29, 1.82) is 0 Å². The summed E-state index contributed by atoms with van der Waals surface area (Å²) >= 11 is 0. The van der Waals surface area contributed by atoms with Crippen LogP contribution >= 0.6 is 0 Å². The summed E-state index contributed by atoms with van der Waals surface area (Å²) in [5.41, 5.74) is 17.2. The van der Waals surface area contributed by atoms with E-state index in [-0.39, 0.29) is 57.6 Å². The molecule has 1 aliphatic rings. The van der Waals surface area contributed by atoms with Crippen LogP contribution in [0.15, 0.2) is 60.7 Å². The van der Waals surface area contributed by atoms with Gasteiger partial charge in [0.05, 0.1) is 30.5 Å². The summed E-state index contributed by atoms with van der Waals surface area (Å²) in [4.78, 5) is 0. The predicted molar refractivity (Wildman–Crippen MR) is 319 cm³/mol. The van der Waals surface area contributed by atoms with Gasteiger partial charge in [0.1, 0.15) is 28.7 Å². The van der Waals surface area contributed by atoms with Gasteiger partial charge in [-0.1, -0.05) is 165 Å². The molecule has 0 fully saturated rings. The lowest BCUT2D eigenvalue weighted by Crippen LogP contribution is -2.19. The zero-order chi connectivity index (χ0) is 56.1. The molecule has 0 saturated carbocycles. The minimum atomic E-state index is -0.149. The van der Waals surface area contributed by atoms with Crippen LogP contribution in [-0.4, -0.2) is 30.5 Å². The molecule has 410 valence electrons. The molecule has 5 aromatic carbocycles. The van der Waals surface area contributed by atoms with Crippen LogP contribution in [0, 0.1) is 0 Å². The Kier molecular flexibility index (Phi) is 17.6. The molecule has 0 N–H and O–H groups in total. The average molecular weight is 1020 g/mol. The first kappa shape index (κ1) is 59.3. The summed E-state index contributed by atoms with van der Waals surface area (Å²) in [5.74, 6) is 4.69. The van der Waals surface area contributed by atoms with Crippen molar-refractivity contribution >= 4 is 0 Å². The highest BCUT2D eigenvalue weighted by Gasteiger charge is 2.31. The van der Waals surface area contributed by atoms with Gasteiger partial charge in [0.25, 0.3) is 0 Å². The first-order valence-corrected chi connectivity index (χ1v) is 28.5. The third-order valence-electron chi connectivity index (χ3n) is 14.2. The standard InChI is InChI=1S/C70H100O5/c1-41(2)71-61-46-26-48-33-57(67(14,15)16)35-50(62(48)72-42(3)4)28-52-37-59(69(20,21)22)39-54(64(52)74-44(7)8)30-55-40-60(70(23,24)25)38-53(65(55)75-45(9)10)29-51-36-58(68(17,18)19)34-49(63(51)73-43(5)6)27-47(61)32-56(31-46)66(11,12)13/h31-45H,26-30H2,1-25H3. The third kappa shape index (κ3) is 14.8. The van der Waals surface area contributed by atoms with Crippen molar-refractivity contribution in [1.82, 2.24) is 0 Å². The van der Waals surface area contributed by atoms with Crippen molar-refractivity contribution in [3.8, 4) is 28.7 Å². The van der Waals surface area contributed by atoms with E-state index in [2.05, 4.69) is 234 Å². The zero-order valence-corrected chi connectivity index (χ0v) is 51.7. The summed E-state index contributed by atoms with van der Waals surface area (Å²) in [6, 6.07) is 24.2. The molecule has 5 nitrogen and oxygen atoms in total. The van der Waals surface area contributed by atoms with Gasteiger partial charge in [-0.05, 0) is 180 Å². The van der Waals surface area contributed by atoms with E-state index in [1.807, 2.05) is 0 Å². The van der Waals surface area contributed by atoms with Gasteiger partial charge in [0.2, 0.25) is 0 Å². The average Bonchev–Trinajstić information content (AvgIpc) is 3.22. The van der Waals surface area contributed by atoms with E-state index in [1.165, 1.54) is 27.8 Å². The van der Waals surface area contributed by atoms with Crippen LogP contribution in [0.25, 0.3) is 0 Å². The van der Waals surface area contributed by atoms with E-state index in [4.69, 9.17) is 23.7 Å². The second kappa shape index (κ2) is 22.2. The van der Waals surface area contributed by atoms with E-state index >= 15 is 0 Å². The molecular weight excluding hydrogens is 921 g/mol. The molecule has 0 saturated heterocycles. The van der Waals surface area contributed by atoms with Crippen LogP contribution in [0.5, 0.6) is 28.7 Å². The number of benzene rings is 5. The molecule has 0 aliphatic heterocycles. The van der Waals surface area contributed by atoms with Gasteiger partial charge >= 0.3 is 0 Å². The van der Waals surface area contributed by atoms with Crippen LogP contribution in [-0.2, 0) is 59.2 Å². The zero-order valence-electron chi connectivity index (χ0n) is 51.7. The molecule has 0 radical (unpaired) electrons. The highest BCUT2D eigenvalue weighted by atomic mass is 16.5. The maximum Gasteiger partial charge on any atom is 0.126 e. The molecule has 75 heavy (non-hydrogen) atoms. The second-order valence-electron chi connectivity index (χ2n) is 28.6. The Balaban J connectivity index is 1.92. The van der Waals surface area contributed by atoms with Gasteiger partial charge in [-0.15, -0.1) is 0 Å². The number of hydrogen-bond acceptors (Lipinski definition) is 5. The van der Waals surface area contributed by atoms with Gasteiger partial charge in [0.15, 0.2) is 0 Å². The van der Waals surface area contributed by atoms with Gasteiger partial charge in [-0.3, -0.25) is 0 Å². The lowest BCUT2D eigenvalue weighted by molar-refractivity contribution is 0.233. The second-order valence-corrected chi connectivity index (χ2v) is 28.6. The van der Waals surface area contributed by atoms with Crippen molar-refractivity contribution < 1.29 is 23.7 Å². The minimum absolute atomic E-state index is 0.0634. The normalized spacial score (nSPS) is 14.0. The van der Waals surface area contributed by atoms with Crippen molar-refractivity contribution in [3.05, 3.63) is 144 Å². The first-order valence-electron chi connectivity index (χ1n) is 28.5. The van der Waals surface area contributed by atoms with E-state index in [0.717, 1.165) is 84.4 Å². The maximum absolute atomic E-state index is 7.18. The fraction of sp³-hybridized carbons (Fsp3) is 0.571. The maximum atomic E-state index is 7.18. The Hall–Kier alpha value is -4.90. The smallest absolute Gasteiger partial charge is 0.126 e. The fourth-order valence-electron chi connectivity index (χ4n) is 10.2. The summed E-state index contributed by atoms with van der Waals surface area (Å²) in [6.07, 6.45) is 2.84. The predicted octanol–water partition coefficient (Wildman–Crippen LogP) is 18.4. The summed E-state index contributed by atoms with van der Waals surface area (Å²) in [5, 5.41) is 0. The number of ether oxygens (including phenoxy) is 5. The summed E-state index contributed by atoms with van der Waals surface area (Å²) < 4.78 is 35.9. The van der Waals surface area contributed by atoms with Crippen LogP contribution in [0.2, 0.25) is 0 Å². The molecule has 0 amide bonds. The van der Waals surface area contributed by atoms with E-state index in [0.29, 0.717) is 32.1 Å². The van der Waals surface area contributed by atoms with Crippen LogP contribution in [0.1, 0.15) is 257 Å². The monoisotopic (exact) mass is 1020 g/mol. The Morgan fingerprint density at radius 3 is 0.413 bits per heavy atom. The number of rotatable bonds is 10. The third-order valence-corrected chi connectivity index (χ3v) is 14.2. The van der Waals surface area contributed by atoms with E-state index < -0.39 is 0 Å². The molecule has 0 heterocycles. The van der Waals surface area contributed by atoms with Gasteiger partial charge < -0.3 is 23.7 Å². The van der Waals surface area contributed by atoms with Gasteiger partial charge in [-0.2, -0.15) is 0 Å². The van der Waals surface area contributed by atoms with Gasteiger partial charge in [0, 0.05) is 32.1 Å². The molecular formula is C70H100O5. The highest BCUT2D eigenvalue weighted by molar-refractivity contribution is 5.61. The van der Waals surface area contributed by atoms with Gasteiger partial charge in [-0.25, -0.2) is 0 Å². The summed E-state index contributed by atoms with van der Waals surface area (Å²) in [7, 11) is 0. The molecule has 1 aliphatic carbocycles. The quantitative estimate of drug-likeness (QED) is 0.137. The first-order chi connectivity index (χ1) is 34.4. The lowest BCUT2D eigenvalue weighted by Gasteiger charge is -2.30. The molecule has 0 atom stereocenters. The molecule has 0 aromatic heterocycles. The van der Waals surface area contributed by atoms with Crippen LogP contribution in [0.3, 0.4) is 0 Å². The summed E-state index contributed by atoms with van der Waals surface area (Å²) in [6.45, 7) is 56.4. The van der Waals surface area contributed by atoms with Crippen molar-refractivity contribution in [3.63, 3.8) is 0 Å². The van der Waals surface area contributed by atoms with Crippen LogP contribution in [0.4, 0.5) is 0 Å². The van der Waals surface area contributed by atoms with E-state index in [1.54, 1.807) is 0 Å².